The quantitative estimate of drug-likeness (QED) is 0.914. The van der Waals surface area contributed by atoms with Gasteiger partial charge in [0.1, 0.15) is 11.9 Å². The first-order valence-electron chi connectivity index (χ1n) is 7.48. The molecule has 23 heavy (non-hydrogen) atoms. The zero-order chi connectivity index (χ0) is 16.6. The van der Waals surface area contributed by atoms with Gasteiger partial charge in [0.15, 0.2) is 0 Å². The predicted molar refractivity (Wildman–Crippen MR) is 87.9 cm³/mol. The number of nitrogens with one attached hydrogen (secondary N) is 1. The van der Waals surface area contributed by atoms with Gasteiger partial charge in [0, 0.05) is 22.7 Å². The average molecular weight is 310 g/mol. The number of anilines is 1. The summed E-state index contributed by atoms with van der Waals surface area (Å²) < 4.78 is 5.84. The van der Waals surface area contributed by atoms with Crippen molar-refractivity contribution in [1.82, 2.24) is 0 Å². The molecular weight excluding hydrogens is 292 g/mol. The maximum atomic E-state index is 12.6. The molecule has 2 aromatic carbocycles. The first kappa shape index (κ1) is 15.1. The standard InChI is InChI=1S/C18H18N2O3/c1-10-11(2)23-16-14(10)7-4-8-15(16)18(22)20-13-6-3-5-12(9-13)17(19)21/h3-11H,1-2H3,(H2,19,21)(H,20,22). The minimum atomic E-state index is -0.535. The summed E-state index contributed by atoms with van der Waals surface area (Å²) in [6, 6.07) is 12.1. The fourth-order valence-corrected chi connectivity index (χ4v) is 2.71. The molecule has 0 aliphatic carbocycles. The van der Waals surface area contributed by atoms with Crippen LogP contribution in [0.2, 0.25) is 0 Å². The maximum Gasteiger partial charge on any atom is 0.259 e. The Morgan fingerprint density at radius 1 is 1.13 bits per heavy atom. The number of fused-ring (bicyclic) bond motifs is 1. The summed E-state index contributed by atoms with van der Waals surface area (Å²) in [6.07, 6.45) is 0.0390. The Balaban J connectivity index is 1.88. The van der Waals surface area contributed by atoms with Crippen molar-refractivity contribution in [2.24, 2.45) is 5.73 Å². The van der Waals surface area contributed by atoms with E-state index in [0.29, 0.717) is 22.6 Å². The van der Waals surface area contributed by atoms with Crippen molar-refractivity contribution in [2.45, 2.75) is 25.9 Å². The van der Waals surface area contributed by atoms with Gasteiger partial charge < -0.3 is 15.8 Å². The third-order valence-electron chi connectivity index (χ3n) is 4.19. The molecule has 3 N–H and O–H groups in total. The summed E-state index contributed by atoms with van der Waals surface area (Å²) in [5.41, 5.74) is 7.65. The highest BCUT2D eigenvalue weighted by Crippen LogP contribution is 2.40. The van der Waals surface area contributed by atoms with Crippen LogP contribution in [-0.2, 0) is 0 Å². The average Bonchev–Trinajstić information content (AvgIpc) is 2.82. The molecule has 118 valence electrons. The molecule has 0 aromatic heterocycles. The Labute approximate surface area is 134 Å². The fraction of sp³-hybridized carbons (Fsp3) is 0.222. The van der Waals surface area contributed by atoms with E-state index in [1.807, 2.05) is 19.1 Å². The molecule has 0 saturated carbocycles. The molecule has 2 atom stereocenters. The summed E-state index contributed by atoms with van der Waals surface area (Å²) in [6.45, 7) is 4.07. The number of ether oxygens (including phenoxy) is 1. The van der Waals surface area contributed by atoms with E-state index >= 15 is 0 Å². The Hall–Kier alpha value is -2.82. The smallest absolute Gasteiger partial charge is 0.259 e. The van der Waals surface area contributed by atoms with Crippen molar-refractivity contribution >= 4 is 17.5 Å². The molecule has 0 saturated heterocycles. The van der Waals surface area contributed by atoms with Crippen molar-refractivity contribution in [3.63, 3.8) is 0 Å². The van der Waals surface area contributed by atoms with Gasteiger partial charge in [-0.2, -0.15) is 0 Å². The van der Waals surface area contributed by atoms with Crippen LogP contribution in [0, 0.1) is 0 Å². The van der Waals surface area contributed by atoms with Crippen LogP contribution in [0.15, 0.2) is 42.5 Å². The van der Waals surface area contributed by atoms with Gasteiger partial charge in [0.2, 0.25) is 5.91 Å². The van der Waals surface area contributed by atoms with Gasteiger partial charge in [0.25, 0.3) is 5.91 Å². The van der Waals surface area contributed by atoms with Crippen LogP contribution in [0.4, 0.5) is 5.69 Å². The zero-order valence-electron chi connectivity index (χ0n) is 13.0. The van der Waals surface area contributed by atoms with Crippen LogP contribution in [0.1, 0.15) is 46.0 Å². The Morgan fingerprint density at radius 2 is 1.87 bits per heavy atom. The van der Waals surface area contributed by atoms with E-state index in [0.717, 1.165) is 5.56 Å². The zero-order valence-corrected chi connectivity index (χ0v) is 13.0. The van der Waals surface area contributed by atoms with E-state index in [2.05, 4.69) is 12.2 Å². The monoisotopic (exact) mass is 310 g/mol. The van der Waals surface area contributed by atoms with Gasteiger partial charge in [-0.3, -0.25) is 9.59 Å². The first-order valence-corrected chi connectivity index (χ1v) is 7.48. The van der Waals surface area contributed by atoms with E-state index in [1.54, 1.807) is 30.3 Å². The van der Waals surface area contributed by atoms with Gasteiger partial charge in [-0.1, -0.05) is 25.1 Å². The molecule has 0 radical (unpaired) electrons. The molecular formula is C18H18N2O3. The molecule has 1 aliphatic rings. The normalized spacial score (nSPS) is 18.9. The lowest BCUT2D eigenvalue weighted by atomic mass is 9.97. The van der Waals surface area contributed by atoms with E-state index in [4.69, 9.17) is 10.5 Å². The van der Waals surface area contributed by atoms with Crippen LogP contribution in [0.3, 0.4) is 0 Å². The van der Waals surface area contributed by atoms with Crippen molar-refractivity contribution in [3.8, 4) is 5.75 Å². The second kappa shape index (κ2) is 5.76. The summed E-state index contributed by atoms with van der Waals surface area (Å²) in [5, 5.41) is 2.79. The van der Waals surface area contributed by atoms with Crippen molar-refractivity contribution in [1.29, 1.82) is 0 Å². The molecule has 5 nitrogen and oxygen atoms in total. The summed E-state index contributed by atoms with van der Waals surface area (Å²) in [5.74, 6) is 0.0736. The van der Waals surface area contributed by atoms with Crippen molar-refractivity contribution < 1.29 is 14.3 Å². The van der Waals surface area contributed by atoms with E-state index in [-0.39, 0.29) is 17.9 Å². The lowest BCUT2D eigenvalue weighted by molar-refractivity contribution is 0.0995. The second-order valence-corrected chi connectivity index (χ2v) is 5.73. The molecule has 3 rings (SSSR count). The van der Waals surface area contributed by atoms with Gasteiger partial charge >= 0.3 is 0 Å². The minimum absolute atomic E-state index is 0.0390. The van der Waals surface area contributed by atoms with Crippen LogP contribution in [-0.4, -0.2) is 17.9 Å². The number of carbonyl (C=O) groups excluding carboxylic acids is 2. The highest BCUT2D eigenvalue weighted by molar-refractivity contribution is 6.07. The summed E-state index contributed by atoms with van der Waals surface area (Å²) in [7, 11) is 0. The predicted octanol–water partition coefficient (Wildman–Crippen LogP) is 2.92. The molecule has 1 heterocycles. The first-order chi connectivity index (χ1) is 11.0. The van der Waals surface area contributed by atoms with Crippen molar-refractivity contribution in [3.05, 3.63) is 59.2 Å². The van der Waals surface area contributed by atoms with E-state index < -0.39 is 5.91 Å². The van der Waals surface area contributed by atoms with Crippen LogP contribution in [0.5, 0.6) is 5.75 Å². The number of benzene rings is 2. The number of primary amides is 1. The number of hydrogen-bond acceptors (Lipinski definition) is 3. The molecule has 2 unspecified atom stereocenters. The Bertz CT molecular complexity index is 786. The summed E-state index contributed by atoms with van der Waals surface area (Å²) in [4.78, 5) is 23.8. The van der Waals surface area contributed by atoms with Gasteiger partial charge in [-0.15, -0.1) is 0 Å². The Kier molecular flexibility index (Phi) is 3.78. The maximum absolute atomic E-state index is 12.6. The number of para-hydroxylation sites is 1. The van der Waals surface area contributed by atoms with E-state index in [1.165, 1.54) is 0 Å². The van der Waals surface area contributed by atoms with Gasteiger partial charge in [-0.25, -0.2) is 0 Å². The summed E-state index contributed by atoms with van der Waals surface area (Å²) >= 11 is 0. The molecule has 0 bridgehead atoms. The SMILES string of the molecule is CC1Oc2c(C(=O)Nc3cccc(C(N)=O)c3)cccc2C1C. The van der Waals surface area contributed by atoms with Gasteiger partial charge in [0.05, 0.1) is 5.56 Å². The topological polar surface area (TPSA) is 81.4 Å². The minimum Gasteiger partial charge on any atom is -0.489 e. The lowest BCUT2D eigenvalue weighted by Gasteiger charge is -2.10. The third kappa shape index (κ3) is 2.77. The molecule has 2 amide bonds. The fourth-order valence-electron chi connectivity index (χ4n) is 2.71. The number of amides is 2. The third-order valence-corrected chi connectivity index (χ3v) is 4.19. The number of rotatable bonds is 3. The van der Waals surface area contributed by atoms with Crippen LogP contribution >= 0.6 is 0 Å². The number of nitrogens with two attached hydrogens (primary N) is 1. The van der Waals surface area contributed by atoms with E-state index in [9.17, 15) is 9.59 Å². The lowest BCUT2D eigenvalue weighted by Crippen LogP contribution is -2.15. The van der Waals surface area contributed by atoms with Crippen molar-refractivity contribution in [2.75, 3.05) is 5.32 Å². The molecule has 1 aliphatic heterocycles. The highest BCUT2D eigenvalue weighted by Gasteiger charge is 2.31. The largest absolute Gasteiger partial charge is 0.489 e. The second-order valence-electron chi connectivity index (χ2n) is 5.73. The molecule has 2 aromatic rings. The van der Waals surface area contributed by atoms with Crippen LogP contribution in [0.25, 0.3) is 0 Å². The Morgan fingerprint density at radius 3 is 2.61 bits per heavy atom. The number of carbonyl (C=O) groups is 2. The molecule has 0 fully saturated rings. The molecule has 0 spiro atoms. The van der Waals surface area contributed by atoms with Crippen LogP contribution < -0.4 is 15.8 Å². The van der Waals surface area contributed by atoms with Gasteiger partial charge in [-0.05, 0) is 31.2 Å². The number of hydrogen-bond donors (Lipinski definition) is 2. The highest BCUT2D eigenvalue weighted by atomic mass is 16.5. The molecule has 5 heteroatoms.